The highest BCUT2D eigenvalue weighted by atomic mass is 16.3. The van der Waals surface area contributed by atoms with E-state index >= 15 is 0 Å². The number of nitrogens with zero attached hydrogens (tertiary/aromatic N) is 4. The number of likely N-dealkylation sites (tertiary alicyclic amines) is 1. The fourth-order valence-corrected chi connectivity index (χ4v) is 3.12. The zero-order chi connectivity index (χ0) is 16.5. The number of anilines is 2. The van der Waals surface area contributed by atoms with Crippen LogP contribution >= 0.6 is 0 Å². The molecule has 2 aromatic heterocycles. The van der Waals surface area contributed by atoms with Crippen LogP contribution in [0.15, 0.2) is 30.5 Å². The predicted molar refractivity (Wildman–Crippen MR) is 92.5 cm³/mol. The Hall–Kier alpha value is -2.67. The van der Waals surface area contributed by atoms with Gasteiger partial charge in [0.15, 0.2) is 5.82 Å². The molecular weight excluding hydrogens is 304 g/mol. The van der Waals surface area contributed by atoms with E-state index in [2.05, 4.69) is 27.5 Å². The van der Waals surface area contributed by atoms with E-state index in [-0.39, 0.29) is 5.75 Å². The minimum absolute atomic E-state index is 0.213. The van der Waals surface area contributed by atoms with Crippen molar-refractivity contribution in [3.8, 4) is 5.75 Å². The maximum absolute atomic E-state index is 9.65. The minimum atomic E-state index is 0.213. The van der Waals surface area contributed by atoms with Crippen LogP contribution in [0.2, 0.25) is 0 Å². The summed E-state index contributed by atoms with van der Waals surface area (Å²) in [5, 5.41) is 20.0. The summed E-state index contributed by atoms with van der Waals surface area (Å²) >= 11 is 0. The second kappa shape index (κ2) is 6.09. The van der Waals surface area contributed by atoms with Gasteiger partial charge in [0.25, 0.3) is 0 Å². The number of aromatic hydroxyl groups is 1. The average molecular weight is 324 g/mol. The van der Waals surface area contributed by atoms with Crippen LogP contribution in [0.5, 0.6) is 5.75 Å². The molecule has 24 heavy (non-hydrogen) atoms. The molecule has 7 heteroatoms. The maximum atomic E-state index is 9.65. The van der Waals surface area contributed by atoms with E-state index in [0.717, 1.165) is 48.5 Å². The molecule has 1 fully saturated rings. The third kappa shape index (κ3) is 2.90. The summed E-state index contributed by atoms with van der Waals surface area (Å²) < 4.78 is 0. The minimum Gasteiger partial charge on any atom is -0.508 e. The smallest absolute Gasteiger partial charge is 0.160 e. The van der Waals surface area contributed by atoms with Crippen LogP contribution in [0.4, 0.5) is 11.5 Å². The number of piperidine rings is 1. The number of rotatable bonds is 3. The Morgan fingerprint density at radius 1 is 1.25 bits per heavy atom. The predicted octanol–water partition coefficient (Wildman–Crippen LogP) is 2.61. The van der Waals surface area contributed by atoms with Gasteiger partial charge in [-0.25, -0.2) is 9.97 Å². The van der Waals surface area contributed by atoms with E-state index in [9.17, 15) is 5.11 Å². The summed E-state index contributed by atoms with van der Waals surface area (Å²) in [5.41, 5.74) is 2.36. The van der Waals surface area contributed by atoms with Gasteiger partial charge in [-0.15, -0.1) is 0 Å². The number of aromatic nitrogens is 4. The second-order valence-electron chi connectivity index (χ2n) is 6.31. The molecule has 3 N–H and O–H groups in total. The van der Waals surface area contributed by atoms with Gasteiger partial charge in [0.05, 0.1) is 6.20 Å². The summed E-state index contributed by atoms with van der Waals surface area (Å²) in [6.07, 6.45) is 3.85. The van der Waals surface area contributed by atoms with Crippen molar-refractivity contribution in [3.63, 3.8) is 0 Å². The quantitative estimate of drug-likeness (QED) is 0.686. The van der Waals surface area contributed by atoms with Gasteiger partial charge in [-0.2, -0.15) is 5.10 Å². The van der Waals surface area contributed by atoms with Gasteiger partial charge in [0.2, 0.25) is 0 Å². The molecule has 1 aliphatic rings. The molecule has 1 aliphatic heterocycles. The molecule has 124 valence electrons. The van der Waals surface area contributed by atoms with Crippen molar-refractivity contribution in [2.45, 2.75) is 18.8 Å². The number of hydrogen-bond donors (Lipinski definition) is 3. The summed E-state index contributed by atoms with van der Waals surface area (Å²) in [6, 6.07) is 6.99. The molecule has 0 saturated carbocycles. The van der Waals surface area contributed by atoms with Crippen LogP contribution in [0.1, 0.15) is 24.6 Å². The lowest BCUT2D eigenvalue weighted by atomic mass is 9.96. The second-order valence-corrected chi connectivity index (χ2v) is 6.31. The SMILES string of the molecule is CN1CCC(c2nc(Nc3cccc(O)c3)c3[nH]ncc3n2)CC1. The van der Waals surface area contributed by atoms with Gasteiger partial charge in [-0.1, -0.05) is 6.07 Å². The first-order valence-corrected chi connectivity index (χ1v) is 8.14. The number of H-pyrrole nitrogens is 1. The molecule has 1 saturated heterocycles. The van der Waals surface area contributed by atoms with Crippen molar-refractivity contribution in [1.29, 1.82) is 0 Å². The van der Waals surface area contributed by atoms with E-state index in [1.54, 1.807) is 24.4 Å². The van der Waals surface area contributed by atoms with Crippen molar-refractivity contribution in [3.05, 3.63) is 36.3 Å². The monoisotopic (exact) mass is 324 g/mol. The zero-order valence-electron chi connectivity index (χ0n) is 13.5. The van der Waals surface area contributed by atoms with Crippen molar-refractivity contribution < 1.29 is 5.11 Å². The zero-order valence-corrected chi connectivity index (χ0v) is 13.5. The third-order valence-corrected chi connectivity index (χ3v) is 4.51. The van der Waals surface area contributed by atoms with Gasteiger partial charge in [-0.05, 0) is 45.1 Å². The van der Waals surface area contributed by atoms with Gasteiger partial charge in [0, 0.05) is 17.7 Å². The first kappa shape index (κ1) is 14.9. The molecule has 0 bridgehead atoms. The van der Waals surface area contributed by atoms with Crippen molar-refractivity contribution in [2.24, 2.45) is 0 Å². The Bertz CT molecular complexity index is 853. The molecule has 0 aliphatic carbocycles. The maximum Gasteiger partial charge on any atom is 0.160 e. The lowest BCUT2D eigenvalue weighted by Gasteiger charge is -2.28. The molecule has 0 spiro atoms. The largest absolute Gasteiger partial charge is 0.508 e. The van der Waals surface area contributed by atoms with E-state index in [1.807, 2.05) is 6.07 Å². The molecule has 0 radical (unpaired) electrons. The summed E-state index contributed by atoms with van der Waals surface area (Å²) in [4.78, 5) is 11.8. The van der Waals surface area contributed by atoms with E-state index in [4.69, 9.17) is 9.97 Å². The van der Waals surface area contributed by atoms with Crippen LogP contribution in [-0.4, -0.2) is 50.3 Å². The van der Waals surface area contributed by atoms with Crippen LogP contribution in [0, 0.1) is 0 Å². The van der Waals surface area contributed by atoms with Crippen LogP contribution in [0.3, 0.4) is 0 Å². The molecular formula is C17H20N6O. The lowest BCUT2D eigenvalue weighted by Crippen LogP contribution is -2.30. The number of phenols is 1. The molecule has 1 aromatic carbocycles. The van der Waals surface area contributed by atoms with E-state index in [1.165, 1.54) is 0 Å². The third-order valence-electron chi connectivity index (χ3n) is 4.51. The number of benzene rings is 1. The Morgan fingerprint density at radius 2 is 2.08 bits per heavy atom. The molecule has 4 rings (SSSR count). The number of hydrogen-bond acceptors (Lipinski definition) is 6. The van der Waals surface area contributed by atoms with Gasteiger partial charge < -0.3 is 15.3 Å². The number of fused-ring (bicyclic) bond motifs is 1. The molecule has 3 aromatic rings. The topological polar surface area (TPSA) is 90.0 Å². The molecule has 0 amide bonds. The highest BCUT2D eigenvalue weighted by molar-refractivity contribution is 5.86. The fourth-order valence-electron chi connectivity index (χ4n) is 3.12. The Kier molecular flexibility index (Phi) is 3.78. The Labute approximate surface area is 139 Å². The van der Waals surface area contributed by atoms with Gasteiger partial charge >= 0.3 is 0 Å². The molecule has 7 nitrogen and oxygen atoms in total. The highest BCUT2D eigenvalue weighted by Crippen LogP contribution is 2.29. The first-order valence-electron chi connectivity index (χ1n) is 8.14. The number of phenolic OH excluding ortho intramolecular Hbond substituents is 1. The Balaban J connectivity index is 1.70. The van der Waals surface area contributed by atoms with Crippen molar-refractivity contribution in [2.75, 3.05) is 25.5 Å². The van der Waals surface area contributed by atoms with Crippen LogP contribution in [0.25, 0.3) is 11.0 Å². The first-order chi connectivity index (χ1) is 11.7. The lowest BCUT2D eigenvalue weighted by molar-refractivity contribution is 0.251. The molecule has 0 unspecified atom stereocenters. The van der Waals surface area contributed by atoms with Crippen LogP contribution < -0.4 is 5.32 Å². The number of nitrogens with one attached hydrogen (secondary N) is 2. The Morgan fingerprint density at radius 3 is 2.88 bits per heavy atom. The standard InChI is InChI=1S/C17H20N6O/c1-23-7-5-11(6-8-23)16-20-14-10-18-22-15(14)17(21-16)19-12-3-2-4-13(24)9-12/h2-4,9-11,24H,5-8H2,1H3,(H,18,22)(H,19,20,21). The number of aromatic amines is 1. The van der Waals surface area contributed by atoms with Crippen molar-refractivity contribution >= 4 is 22.5 Å². The molecule has 0 atom stereocenters. The highest BCUT2D eigenvalue weighted by Gasteiger charge is 2.22. The van der Waals surface area contributed by atoms with Crippen molar-refractivity contribution in [1.82, 2.24) is 25.1 Å². The summed E-state index contributed by atoms with van der Waals surface area (Å²) in [6.45, 7) is 2.12. The van der Waals surface area contributed by atoms with Gasteiger partial charge in [0.1, 0.15) is 22.6 Å². The summed E-state index contributed by atoms with van der Waals surface area (Å²) in [5.74, 6) is 2.13. The van der Waals surface area contributed by atoms with Gasteiger partial charge in [-0.3, -0.25) is 5.10 Å². The normalized spacial score (nSPS) is 16.5. The van der Waals surface area contributed by atoms with Crippen LogP contribution in [-0.2, 0) is 0 Å². The van der Waals surface area contributed by atoms with E-state index < -0.39 is 0 Å². The molecule has 3 heterocycles. The van der Waals surface area contributed by atoms with E-state index in [0.29, 0.717) is 11.7 Å². The average Bonchev–Trinajstić information content (AvgIpc) is 3.04. The summed E-state index contributed by atoms with van der Waals surface area (Å²) in [7, 11) is 2.14. The fraction of sp³-hybridized carbons (Fsp3) is 0.353.